The summed E-state index contributed by atoms with van der Waals surface area (Å²) in [6.45, 7) is 8.84. The highest BCUT2D eigenvalue weighted by Gasteiger charge is 2.35. The molecule has 0 radical (unpaired) electrons. The standard InChI is InChI=1S/C34H50N6O6/c1-5-12-25(29(41)26(35)17-22-13-8-6-9-14-22)30(42)40-32(44)28(19-24-20-36-21-37-24)38-31(43)27(18-23-15-10-7-11-16-23)39-33(45)46-34(2,3)4/h5,7,10-11,15-16,20-22,25-29,41H,1,6,8-9,12-14,17-19,35H2,2-4H3,(H,36,37)(H,38,43)(H,39,45)(H,40,42,44)/t25?,26?,27-,28-,29?/m0/s1. The zero-order valence-electron chi connectivity index (χ0n) is 27.2. The molecule has 46 heavy (non-hydrogen) atoms. The molecule has 1 aromatic carbocycles. The van der Waals surface area contributed by atoms with Crippen LogP contribution in [-0.4, -0.2) is 68.7 Å². The summed E-state index contributed by atoms with van der Waals surface area (Å²) in [6.07, 6.45) is 8.78. The number of imide groups is 1. The van der Waals surface area contributed by atoms with Gasteiger partial charge < -0.3 is 31.2 Å². The number of hydrogen-bond donors (Lipinski definition) is 6. The van der Waals surface area contributed by atoms with Gasteiger partial charge in [-0.2, -0.15) is 0 Å². The molecule has 2 aromatic rings. The molecular weight excluding hydrogens is 588 g/mol. The Morgan fingerprint density at radius 2 is 1.72 bits per heavy atom. The maximum absolute atomic E-state index is 13.7. The van der Waals surface area contributed by atoms with Gasteiger partial charge >= 0.3 is 6.09 Å². The zero-order chi connectivity index (χ0) is 33.7. The van der Waals surface area contributed by atoms with Crippen molar-refractivity contribution in [2.24, 2.45) is 17.6 Å². The first kappa shape index (κ1) is 36.4. The molecule has 1 aliphatic carbocycles. The van der Waals surface area contributed by atoms with Gasteiger partial charge in [0.2, 0.25) is 17.7 Å². The van der Waals surface area contributed by atoms with Crippen LogP contribution in [0.15, 0.2) is 55.5 Å². The van der Waals surface area contributed by atoms with Crippen LogP contribution in [0, 0.1) is 11.8 Å². The number of hydrogen-bond acceptors (Lipinski definition) is 8. The van der Waals surface area contributed by atoms with Crippen LogP contribution in [0.3, 0.4) is 0 Å². The van der Waals surface area contributed by atoms with Gasteiger partial charge in [0, 0.05) is 30.8 Å². The van der Waals surface area contributed by atoms with E-state index in [0.29, 0.717) is 18.0 Å². The lowest BCUT2D eigenvalue weighted by Gasteiger charge is -2.30. The minimum atomic E-state index is -1.23. The molecule has 5 atom stereocenters. The van der Waals surface area contributed by atoms with Crippen molar-refractivity contribution in [1.82, 2.24) is 25.9 Å². The average Bonchev–Trinajstić information content (AvgIpc) is 3.52. The Morgan fingerprint density at radius 3 is 2.33 bits per heavy atom. The van der Waals surface area contributed by atoms with Crippen LogP contribution in [0.25, 0.3) is 0 Å². The molecule has 1 aromatic heterocycles. The van der Waals surface area contributed by atoms with Gasteiger partial charge in [-0.05, 0) is 45.1 Å². The maximum atomic E-state index is 13.7. The van der Waals surface area contributed by atoms with E-state index in [9.17, 15) is 24.3 Å². The minimum absolute atomic E-state index is 0.0226. The summed E-state index contributed by atoms with van der Waals surface area (Å²) in [7, 11) is 0. The molecule has 0 spiro atoms. The van der Waals surface area contributed by atoms with Gasteiger partial charge in [0.05, 0.1) is 18.3 Å². The highest BCUT2D eigenvalue weighted by molar-refractivity contribution is 6.01. The van der Waals surface area contributed by atoms with Crippen molar-refractivity contribution in [3.05, 3.63) is 66.8 Å². The largest absolute Gasteiger partial charge is 0.444 e. The molecule has 1 aliphatic rings. The predicted molar refractivity (Wildman–Crippen MR) is 174 cm³/mol. The lowest BCUT2D eigenvalue weighted by Crippen LogP contribution is -2.57. The summed E-state index contributed by atoms with van der Waals surface area (Å²) < 4.78 is 5.38. The van der Waals surface area contributed by atoms with Crippen molar-refractivity contribution in [2.45, 2.75) is 108 Å². The number of aliphatic hydroxyl groups is 1. The molecule has 7 N–H and O–H groups in total. The Balaban J connectivity index is 1.76. The fraction of sp³-hybridized carbons (Fsp3) is 0.559. The summed E-state index contributed by atoms with van der Waals surface area (Å²) in [5, 5.41) is 18.8. The van der Waals surface area contributed by atoms with Crippen LogP contribution in [0.2, 0.25) is 0 Å². The molecule has 0 aliphatic heterocycles. The molecule has 3 unspecified atom stereocenters. The Bertz CT molecular complexity index is 1270. The summed E-state index contributed by atoms with van der Waals surface area (Å²) in [5.74, 6) is -2.78. The number of aliphatic hydroxyl groups excluding tert-OH is 1. The summed E-state index contributed by atoms with van der Waals surface area (Å²) >= 11 is 0. The third-order valence-electron chi connectivity index (χ3n) is 8.09. The molecule has 1 heterocycles. The number of imidazole rings is 1. The van der Waals surface area contributed by atoms with E-state index < -0.39 is 59.6 Å². The highest BCUT2D eigenvalue weighted by Crippen LogP contribution is 2.29. The molecule has 0 bridgehead atoms. The number of nitrogens with one attached hydrogen (secondary N) is 4. The molecule has 3 rings (SSSR count). The van der Waals surface area contributed by atoms with E-state index in [2.05, 4.69) is 32.5 Å². The number of carbonyl (C=O) groups excluding carboxylic acids is 4. The number of aromatic amines is 1. The molecular formula is C34H50N6O6. The van der Waals surface area contributed by atoms with Crippen molar-refractivity contribution in [3.8, 4) is 0 Å². The first-order valence-electron chi connectivity index (χ1n) is 16.1. The van der Waals surface area contributed by atoms with E-state index in [-0.39, 0.29) is 19.3 Å². The number of allylic oxidation sites excluding steroid dienone is 1. The minimum Gasteiger partial charge on any atom is -0.444 e. The van der Waals surface area contributed by atoms with Gasteiger partial charge in [0.1, 0.15) is 17.7 Å². The van der Waals surface area contributed by atoms with Crippen LogP contribution >= 0.6 is 0 Å². The number of benzene rings is 1. The number of ether oxygens (including phenoxy) is 1. The maximum Gasteiger partial charge on any atom is 0.408 e. The van der Waals surface area contributed by atoms with Gasteiger partial charge in [0.25, 0.3) is 0 Å². The lowest BCUT2D eigenvalue weighted by atomic mass is 9.81. The van der Waals surface area contributed by atoms with E-state index in [4.69, 9.17) is 10.5 Å². The van der Waals surface area contributed by atoms with E-state index >= 15 is 0 Å². The fourth-order valence-electron chi connectivity index (χ4n) is 5.73. The number of rotatable bonds is 15. The topological polar surface area (TPSA) is 189 Å². The van der Waals surface area contributed by atoms with Gasteiger partial charge in [-0.3, -0.25) is 19.7 Å². The molecule has 12 heteroatoms. The lowest BCUT2D eigenvalue weighted by molar-refractivity contribution is -0.138. The second-order valence-electron chi connectivity index (χ2n) is 13.1. The number of aromatic nitrogens is 2. The number of amides is 4. The van der Waals surface area contributed by atoms with Gasteiger partial charge in [0.15, 0.2) is 0 Å². The van der Waals surface area contributed by atoms with Crippen molar-refractivity contribution in [3.63, 3.8) is 0 Å². The first-order valence-corrected chi connectivity index (χ1v) is 16.1. The van der Waals surface area contributed by atoms with Gasteiger partial charge in [-0.25, -0.2) is 9.78 Å². The second-order valence-corrected chi connectivity index (χ2v) is 13.1. The van der Waals surface area contributed by atoms with Crippen LogP contribution in [-0.2, 0) is 32.0 Å². The fourth-order valence-corrected chi connectivity index (χ4v) is 5.73. The van der Waals surface area contributed by atoms with Crippen LogP contribution < -0.4 is 21.7 Å². The Labute approximate surface area is 271 Å². The zero-order valence-corrected chi connectivity index (χ0v) is 27.2. The number of nitrogens with zero attached hydrogens (tertiary/aromatic N) is 1. The molecule has 1 fully saturated rings. The van der Waals surface area contributed by atoms with Gasteiger partial charge in [-0.15, -0.1) is 6.58 Å². The SMILES string of the molecule is C=CCC(C(=O)NC(=O)[C@H](Cc1cnc[nH]1)NC(=O)[C@H](Cc1ccccc1)NC(=O)OC(C)(C)C)C(O)C(N)CC1CCCCC1. The monoisotopic (exact) mass is 638 g/mol. The van der Waals surface area contributed by atoms with Crippen LogP contribution in [0.1, 0.15) is 77.0 Å². The van der Waals surface area contributed by atoms with E-state index in [0.717, 1.165) is 31.2 Å². The highest BCUT2D eigenvalue weighted by atomic mass is 16.6. The first-order chi connectivity index (χ1) is 21.9. The van der Waals surface area contributed by atoms with E-state index in [1.807, 2.05) is 30.3 Å². The molecule has 0 saturated heterocycles. The van der Waals surface area contributed by atoms with Crippen molar-refractivity contribution in [2.75, 3.05) is 0 Å². The normalized spacial score (nSPS) is 17.1. The average molecular weight is 639 g/mol. The van der Waals surface area contributed by atoms with Gasteiger partial charge in [-0.1, -0.05) is 68.5 Å². The number of nitrogens with two attached hydrogens (primary N) is 1. The Kier molecular flexibility index (Phi) is 13.9. The summed E-state index contributed by atoms with van der Waals surface area (Å²) in [5.41, 5.74) is 6.88. The van der Waals surface area contributed by atoms with Crippen LogP contribution in [0.5, 0.6) is 0 Å². The van der Waals surface area contributed by atoms with Crippen molar-refractivity contribution < 1.29 is 29.0 Å². The summed E-state index contributed by atoms with van der Waals surface area (Å²) in [4.78, 5) is 60.2. The third-order valence-corrected chi connectivity index (χ3v) is 8.09. The van der Waals surface area contributed by atoms with Crippen LogP contribution in [0.4, 0.5) is 4.79 Å². The van der Waals surface area contributed by atoms with Crippen molar-refractivity contribution in [1.29, 1.82) is 0 Å². The summed E-state index contributed by atoms with van der Waals surface area (Å²) in [6, 6.07) is 6.11. The quantitative estimate of drug-likeness (QED) is 0.161. The van der Waals surface area contributed by atoms with Crippen molar-refractivity contribution >= 4 is 23.8 Å². The third kappa shape index (κ3) is 12.1. The smallest absolute Gasteiger partial charge is 0.408 e. The number of alkyl carbamates (subject to hydrolysis) is 1. The number of H-pyrrole nitrogens is 1. The second kappa shape index (κ2) is 17.6. The van der Waals surface area contributed by atoms with E-state index in [1.54, 1.807) is 20.8 Å². The molecule has 12 nitrogen and oxygen atoms in total. The Hall–Kier alpha value is -4.03. The van der Waals surface area contributed by atoms with E-state index in [1.165, 1.54) is 25.0 Å². The molecule has 1 saturated carbocycles. The predicted octanol–water partition coefficient (Wildman–Crippen LogP) is 3.07. The molecule has 252 valence electrons. The molecule has 4 amide bonds. The number of carbonyl (C=O) groups is 4. The Morgan fingerprint density at radius 1 is 1.04 bits per heavy atom.